The Balaban J connectivity index is 2.78. The Kier molecular flexibility index (Phi) is 4.52. The first-order valence-corrected chi connectivity index (χ1v) is 5.15. The van der Waals surface area contributed by atoms with Gasteiger partial charge in [-0.25, -0.2) is 0 Å². The van der Waals surface area contributed by atoms with Crippen molar-refractivity contribution in [3.05, 3.63) is 28.8 Å². The lowest BCUT2D eigenvalue weighted by Gasteiger charge is -2.14. The van der Waals surface area contributed by atoms with Gasteiger partial charge in [-0.2, -0.15) is 0 Å². The summed E-state index contributed by atoms with van der Waals surface area (Å²) in [6.07, 6.45) is 0. The highest BCUT2D eigenvalue weighted by atomic mass is 35.5. The third-order valence-electron chi connectivity index (χ3n) is 1.90. The number of hydrogen-bond acceptors (Lipinski definition) is 2. The van der Waals surface area contributed by atoms with E-state index in [2.05, 4.69) is 0 Å². The van der Waals surface area contributed by atoms with Gasteiger partial charge in [0.25, 0.3) is 0 Å². The van der Waals surface area contributed by atoms with Gasteiger partial charge in [0, 0.05) is 11.6 Å². The summed E-state index contributed by atoms with van der Waals surface area (Å²) in [5, 5.41) is 0.710. The Morgan fingerprint density at radius 2 is 2.14 bits per heavy atom. The van der Waals surface area contributed by atoms with Crippen LogP contribution in [0.4, 0.5) is 0 Å². The lowest BCUT2D eigenvalue weighted by Crippen LogP contribution is -2.15. The molecule has 1 rings (SSSR count). The van der Waals surface area contributed by atoms with Crippen LogP contribution in [0.15, 0.2) is 18.2 Å². The summed E-state index contributed by atoms with van der Waals surface area (Å²) in [6.45, 7) is 0.742. The number of methoxy groups -OCH3 is 1. The predicted molar refractivity (Wildman–Crippen MR) is 60.2 cm³/mol. The Morgan fingerprint density at radius 3 is 2.64 bits per heavy atom. The topological polar surface area (TPSA) is 12.5 Å². The average molecular weight is 234 g/mol. The second-order valence-electron chi connectivity index (χ2n) is 3.09. The van der Waals surface area contributed by atoms with E-state index in [0.29, 0.717) is 11.0 Å². The molecular formula is C10H13Cl2NO. The molecule has 2 nitrogen and oxygen atoms in total. The second-order valence-corrected chi connectivity index (χ2v) is 3.74. The van der Waals surface area contributed by atoms with Gasteiger partial charge in [0.1, 0.15) is 5.75 Å². The van der Waals surface area contributed by atoms with Crippen LogP contribution in [-0.2, 0) is 6.54 Å². The van der Waals surface area contributed by atoms with Crippen molar-refractivity contribution in [2.75, 3.05) is 20.2 Å². The molecule has 0 fully saturated rings. The number of rotatable bonds is 4. The second kappa shape index (κ2) is 5.44. The quantitative estimate of drug-likeness (QED) is 0.586. The largest absolute Gasteiger partial charge is 0.497 e. The van der Waals surface area contributed by atoms with Gasteiger partial charge in [0.2, 0.25) is 0 Å². The molecule has 0 unspecified atom stereocenters. The summed E-state index contributed by atoms with van der Waals surface area (Å²) < 4.78 is 5.06. The van der Waals surface area contributed by atoms with Gasteiger partial charge < -0.3 is 4.74 Å². The standard InChI is InChI=1S/C10H13Cl2NO/c1-13(7-11)6-8-3-4-9(14-2)5-10(8)12/h3-5H,6-7H2,1-2H3. The van der Waals surface area contributed by atoms with Crippen LogP contribution in [0.25, 0.3) is 0 Å². The van der Waals surface area contributed by atoms with E-state index < -0.39 is 0 Å². The summed E-state index contributed by atoms with van der Waals surface area (Å²) >= 11 is 11.7. The lowest BCUT2D eigenvalue weighted by molar-refractivity contribution is 0.381. The molecule has 78 valence electrons. The van der Waals surface area contributed by atoms with E-state index in [1.54, 1.807) is 13.2 Å². The fourth-order valence-corrected chi connectivity index (χ4v) is 1.43. The van der Waals surface area contributed by atoms with Crippen molar-refractivity contribution in [1.82, 2.24) is 4.90 Å². The zero-order valence-electron chi connectivity index (χ0n) is 8.26. The van der Waals surface area contributed by atoms with Crippen molar-refractivity contribution >= 4 is 23.2 Å². The van der Waals surface area contributed by atoms with Crippen LogP contribution in [-0.4, -0.2) is 25.1 Å². The Hall–Kier alpha value is -0.440. The van der Waals surface area contributed by atoms with Crippen molar-refractivity contribution in [2.24, 2.45) is 0 Å². The number of nitrogens with zero attached hydrogens (tertiary/aromatic N) is 1. The summed E-state index contributed by atoms with van der Waals surface area (Å²) in [6, 6.07) is 6.13. The minimum Gasteiger partial charge on any atom is -0.497 e. The molecule has 0 amide bonds. The average Bonchev–Trinajstić information content (AvgIpc) is 2.20. The molecule has 1 aromatic rings. The molecule has 1 aromatic carbocycles. The van der Waals surface area contributed by atoms with Crippen LogP contribution in [0.1, 0.15) is 5.56 Å². The van der Waals surface area contributed by atoms with Crippen LogP contribution in [0.5, 0.6) is 5.75 Å². The molecule has 0 aromatic heterocycles. The SMILES string of the molecule is COc1ccc(CN(C)CCl)c(Cl)c1. The fourth-order valence-electron chi connectivity index (χ4n) is 1.12. The third kappa shape index (κ3) is 3.05. The Labute approximate surface area is 94.4 Å². The maximum Gasteiger partial charge on any atom is 0.120 e. The first-order valence-electron chi connectivity index (χ1n) is 4.24. The molecule has 0 spiro atoms. The maximum absolute atomic E-state index is 6.06. The van der Waals surface area contributed by atoms with E-state index in [9.17, 15) is 0 Å². The monoisotopic (exact) mass is 233 g/mol. The predicted octanol–water partition coefficient (Wildman–Crippen LogP) is 2.98. The molecule has 0 aliphatic rings. The van der Waals surface area contributed by atoms with Gasteiger partial charge in [0.15, 0.2) is 0 Å². The number of hydrogen-bond donors (Lipinski definition) is 0. The molecule has 0 heterocycles. The Bertz CT molecular complexity index is 304. The summed E-state index contributed by atoms with van der Waals surface area (Å²) in [4.78, 5) is 1.97. The first kappa shape index (κ1) is 11.6. The summed E-state index contributed by atoms with van der Waals surface area (Å²) in [5.41, 5.74) is 1.05. The van der Waals surface area contributed by atoms with Gasteiger partial charge in [-0.3, -0.25) is 4.90 Å². The molecule has 14 heavy (non-hydrogen) atoms. The molecule has 0 saturated heterocycles. The van der Waals surface area contributed by atoms with Crippen molar-refractivity contribution in [1.29, 1.82) is 0 Å². The highest BCUT2D eigenvalue weighted by Gasteiger charge is 2.04. The third-order valence-corrected chi connectivity index (χ3v) is 2.66. The normalized spacial score (nSPS) is 10.6. The zero-order valence-corrected chi connectivity index (χ0v) is 9.77. The van der Waals surface area contributed by atoms with E-state index in [-0.39, 0.29) is 0 Å². The van der Waals surface area contributed by atoms with Crippen LogP contribution in [0.2, 0.25) is 5.02 Å². The minimum atomic E-state index is 0.488. The van der Waals surface area contributed by atoms with Crippen LogP contribution >= 0.6 is 23.2 Å². The summed E-state index contributed by atoms with van der Waals surface area (Å²) in [5.74, 6) is 0.771. The lowest BCUT2D eigenvalue weighted by atomic mass is 10.2. The molecule has 0 radical (unpaired) electrons. The fraction of sp³-hybridized carbons (Fsp3) is 0.400. The highest BCUT2D eigenvalue weighted by Crippen LogP contribution is 2.23. The molecule has 0 aliphatic heterocycles. The van der Waals surface area contributed by atoms with Gasteiger partial charge in [-0.05, 0) is 24.7 Å². The smallest absolute Gasteiger partial charge is 0.120 e. The van der Waals surface area contributed by atoms with Gasteiger partial charge >= 0.3 is 0 Å². The van der Waals surface area contributed by atoms with Crippen molar-refractivity contribution in [3.8, 4) is 5.75 Å². The van der Waals surface area contributed by atoms with E-state index in [1.165, 1.54) is 0 Å². The maximum atomic E-state index is 6.06. The Morgan fingerprint density at radius 1 is 1.43 bits per heavy atom. The van der Waals surface area contributed by atoms with E-state index in [1.807, 2.05) is 24.1 Å². The number of alkyl halides is 1. The first-order chi connectivity index (χ1) is 6.67. The molecular weight excluding hydrogens is 221 g/mol. The van der Waals surface area contributed by atoms with Gasteiger partial charge in [-0.15, -0.1) is 11.6 Å². The molecule has 0 bridgehead atoms. The number of halogens is 2. The zero-order chi connectivity index (χ0) is 10.6. The molecule has 0 N–H and O–H groups in total. The number of ether oxygens (including phenoxy) is 1. The van der Waals surface area contributed by atoms with Crippen LogP contribution in [0.3, 0.4) is 0 Å². The molecule has 0 saturated carbocycles. The van der Waals surface area contributed by atoms with E-state index in [4.69, 9.17) is 27.9 Å². The molecule has 4 heteroatoms. The van der Waals surface area contributed by atoms with Crippen molar-refractivity contribution in [2.45, 2.75) is 6.54 Å². The van der Waals surface area contributed by atoms with E-state index >= 15 is 0 Å². The highest BCUT2D eigenvalue weighted by molar-refractivity contribution is 6.31. The number of benzene rings is 1. The van der Waals surface area contributed by atoms with Crippen LogP contribution < -0.4 is 4.74 Å². The van der Waals surface area contributed by atoms with Crippen molar-refractivity contribution in [3.63, 3.8) is 0 Å². The molecule has 0 aliphatic carbocycles. The van der Waals surface area contributed by atoms with Gasteiger partial charge in [-0.1, -0.05) is 17.7 Å². The minimum absolute atomic E-state index is 0.488. The summed E-state index contributed by atoms with van der Waals surface area (Å²) in [7, 11) is 3.56. The van der Waals surface area contributed by atoms with Crippen molar-refractivity contribution < 1.29 is 4.74 Å². The van der Waals surface area contributed by atoms with Gasteiger partial charge in [0.05, 0.1) is 13.1 Å². The van der Waals surface area contributed by atoms with Crippen LogP contribution in [0, 0.1) is 0 Å². The van der Waals surface area contributed by atoms with E-state index in [0.717, 1.165) is 17.9 Å². The molecule has 0 atom stereocenters.